The fraction of sp³-hybridized carbons (Fsp3) is 0.273. The van der Waals surface area contributed by atoms with Crippen LogP contribution in [0.5, 0.6) is 0 Å². The highest BCUT2D eigenvalue weighted by Gasteiger charge is 2.62. The first-order chi connectivity index (χ1) is 18.0. The fourth-order valence-corrected chi connectivity index (χ4v) is 5.79. The maximum absolute atomic E-state index is 6.85. The summed E-state index contributed by atoms with van der Waals surface area (Å²) in [6.45, 7) is 3.90. The largest absolute Gasteiger partial charge is 0.366 e. The lowest BCUT2D eigenvalue weighted by molar-refractivity contribution is -0.176. The molecule has 0 bridgehead atoms. The smallest absolute Gasteiger partial charge is 0.164 e. The third-order valence-corrected chi connectivity index (χ3v) is 7.35. The Morgan fingerprint density at radius 2 is 0.730 bits per heavy atom. The monoisotopic (exact) mass is 494 g/mol. The first-order valence-electron chi connectivity index (χ1n) is 12.7. The molecular weight excluding hydrogens is 460 g/mol. The molecule has 0 spiro atoms. The van der Waals surface area contributed by atoms with Crippen molar-refractivity contribution in [2.75, 3.05) is 14.2 Å². The van der Waals surface area contributed by atoms with Gasteiger partial charge >= 0.3 is 0 Å². The van der Waals surface area contributed by atoms with Crippen LogP contribution in [-0.2, 0) is 30.1 Å². The quantitative estimate of drug-likeness (QED) is 0.274. The van der Waals surface area contributed by atoms with Gasteiger partial charge in [-0.1, -0.05) is 121 Å². The van der Waals surface area contributed by atoms with Crippen LogP contribution in [0.1, 0.15) is 36.1 Å². The van der Waals surface area contributed by atoms with Crippen LogP contribution in [0.25, 0.3) is 0 Å². The van der Waals surface area contributed by atoms with E-state index in [0.29, 0.717) is 0 Å². The van der Waals surface area contributed by atoms with Gasteiger partial charge in [0.05, 0.1) is 0 Å². The van der Waals surface area contributed by atoms with Gasteiger partial charge in [-0.3, -0.25) is 0 Å². The molecule has 0 saturated carbocycles. The summed E-state index contributed by atoms with van der Waals surface area (Å²) < 4.78 is 26.8. The minimum atomic E-state index is -0.978. The molecule has 1 saturated heterocycles. The summed E-state index contributed by atoms with van der Waals surface area (Å²) >= 11 is 0. The van der Waals surface area contributed by atoms with Gasteiger partial charge in [-0.25, -0.2) is 0 Å². The van der Waals surface area contributed by atoms with Gasteiger partial charge in [-0.05, 0) is 36.1 Å². The first kappa shape index (κ1) is 25.4. The van der Waals surface area contributed by atoms with Gasteiger partial charge in [-0.2, -0.15) is 0 Å². The lowest BCUT2D eigenvalue weighted by Gasteiger charge is -2.46. The summed E-state index contributed by atoms with van der Waals surface area (Å²) in [5.74, 6) is -0.893. The van der Waals surface area contributed by atoms with Crippen molar-refractivity contribution < 1.29 is 18.9 Å². The summed E-state index contributed by atoms with van der Waals surface area (Å²) in [7, 11) is 3.48. The van der Waals surface area contributed by atoms with Crippen LogP contribution in [0.4, 0.5) is 0 Å². The number of hydrogen-bond donors (Lipinski definition) is 0. The SMILES string of the molecule is COC(c1ccccc1)(c1ccccc1)[C@H]1OC(C)(C)O[C@@H]1C(OC)(c1ccccc1)c1ccccc1. The molecule has 0 N–H and O–H groups in total. The molecule has 4 aromatic carbocycles. The number of rotatable bonds is 8. The van der Waals surface area contributed by atoms with Crippen molar-refractivity contribution in [1.29, 1.82) is 0 Å². The van der Waals surface area contributed by atoms with Crippen molar-refractivity contribution >= 4 is 0 Å². The van der Waals surface area contributed by atoms with Gasteiger partial charge in [0.25, 0.3) is 0 Å². The van der Waals surface area contributed by atoms with E-state index in [9.17, 15) is 0 Å². The maximum atomic E-state index is 6.85. The minimum absolute atomic E-state index is 0.572. The van der Waals surface area contributed by atoms with E-state index in [-0.39, 0.29) is 0 Å². The molecule has 0 amide bonds. The highest BCUT2D eigenvalue weighted by atomic mass is 16.8. The molecule has 190 valence electrons. The lowest BCUT2D eigenvalue weighted by atomic mass is 9.71. The van der Waals surface area contributed by atoms with E-state index in [0.717, 1.165) is 22.3 Å². The number of methoxy groups -OCH3 is 2. The predicted molar refractivity (Wildman–Crippen MR) is 145 cm³/mol. The van der Waals surface area contributed by atoms with Crippen molar-refractivity contribution in [3.63, 3.8) is 0 Å². The molecule has 37 heavy (non-hydrogen) atoms. The molecule has 2 atom stereocenters. The Bertz CT molecular complexity index is 1090. The lowest BCUT2D eigenvalue weighted by Crippen LogP contribution is -2.56. The van der Waals surface area contributed by atoms with Crippen molar-refractivity contribution in [1.82, 2.24) is 0 Å². The van der Waals surface area contributed by atoms with E-state index in [2.05, 4.69) is 48.5 Å². The summed E-state index contributed by atoms with van der Waals surface area (Å²) in [6, 6.07) is 40.9. The molecule has 0 aromatic heterocycles. The Kier molecular flexibility index (Phi) is 7.02. The Morgan fingerprint density at radius 3 is 0.946 bits per heavy atom. The van der Waals surface area contributed by atoms with Gasteiger partial charge < -0.3 is 18.9 Å². The second-order valence-electron chi connectivity index (χ2n) is 9.82. The van der Waals surface area contributed by atoms with Crippen LogP contribution in [0.15, 0.2) is 121 Å². The molecule has 4 aromatic rings. The fourth-order valence-electron chi connectivity index (χ4n) is 5.79. The zero-order valence-corrected chi connectivity index (χ0v) is 21.8. The van der Waals surface area contributed by atoms with E-state index in [4.69, 9.17) is 18.9 Å². The molecule has 1 aliphatic heterocycles. The summed E-state index contributed by atoms with van der Waals surface area (Å²) in [4.78, 5) is 0. The predicted octanol–water partition coefficient (Wildman–Crippen LogP) is 6.69. The van der Waals surface area contributed by atoms with E-state index in [1.165, 1.54) is 0 Å². The first-order valence-corrected chi connectivity index (χ1v) is 12.7. The molecule has 4 heteroatoms. The third kappa shape index (κ3) is 4.30. The second-order valence-corrected chi connectivity index (χ2v) is 9.82. The maximum Gasteiger partial charge on any atom is 0.164 e. The molecule has 1 aliphatic rings. The van der Waals surface area contributed by atoms with Crippen molar-refractivity contribution in [2.24, 2.45) is 0 Å². The number of hydrogen-bond acceptors (Lipinski definition) is 4. The van der Waals surface area contributed by atoms with Gasteiger partial charge in [0, 0.05) is 14.2 Å². The Balaban J connectivity index is 1.81. The highest BCUT2D eigenvalue weighted by Crippen LogP contribution is 2.52. The van der Waals surface area contributed by atoms with Crippen LogP contribution < -0.4 is 0 Å². The molecule has 0 radical (unpaired) electrons. The number of benzene rings is 4. The second kappa shape index (κ2) is 10.2. The normalized spacial score (nSPS) is 19.6. The van der Waals surface area contributed by atoms with E-state index >= 15 is 0 Å². The molecule has 0 unspecified atom stereocenters. The molecule has 1 fully saturated rings. The van der Waals surface area contributed by atoms with E-state index < -0.39 is 29.2 Å². The molecule has 5 rings (SSSR count). The van der Waals surface area contributed by atoms with Crippen molar-refractivity contribution in [3.8, 4) is 0 Å². The zero-order valence-electron chi connectivity index (χ0n) is 21.8. The average Bonchev–Trinajstić information content (AvgIpc) is 3.28. The van der Waals surface area contributed by atoms with Gasteiger partial charge in [-0.15, -0.1) is 0 Å². The molecule has 0 aliphatic carbocycles. The molecule has 1 heterocycles. The third-order valence-electron chi connectivity index (χ3n) is 7.35. The summed E-state index contributed by atoms with van der Waals surface area (Å²) in [5.41, 5.74) is 1.96. The Morgan fingerprint density at radius 1 is 0.486 bits per heavy atom. The topological polar surface area (TPSA) is 36.9 Å². The highest BCUT2D eigenvalue weighted by molar-refractivity contribution is 5.44. The summed E-state index contributed by atoms with van der Waals surface area (Å²) in [6.07, 6.45) is -1.14. The van der Waals surface area contributed by atoms with E-state index in [1.54, 1.807) is 14.2 Å². The van der Waals surface area contributed by atoms with Crippen LogP contribution >= 0.6 is 0 Å². The Labute approximate surface area is 219 Å². The van der Waals surface area contributed by atoms with Crippen LogP contribution in [0.3, 0.4) is 0 Å². The minimum Gasteiger partial charge on any atom is -0.366 e. The van der Waals surface area contributed by atoms with E-state index in [1.807, 2.05) is 86.6 Å². The summed E-state index contributed by atoms with van der Waals surface area (Å²) in [5, 5.41) is 0. The molecular formula is C33H34O4. The van der Waals surface area contributed by atoms with Gasteiger partial charge in [0.15, 0.2) is 5.79 Å². The molecule has 4 nitrogen and oxygen atoms in total. The van der Waals surface area contributed by atoms with Crippen LogP contribution in [0.2, 0.25) is 0 Å². The van der Waals surface area contributed by atoms with Crippen molar-refractivity contribution in [2.45, 2.75) is 43.0 Å². The van der Waals surface area contributed by atoms with Gasteiger partial charge in [0.2, 0.25) is 0 Å². The van der Waals surface area contributed by atoms with Crippen LogP contribution in [0, 0.1) is 0 Å². The van der Waals surface area contributed by atoms with Crippen molar-refractivity contribution in [3.05, 3.63) is 144 Å². The van der Waals surface area contributed by atoms with Gasteiger partial charge in [0.1, 0.15) is 23.4 Å². The number of ether oxygens (including phenoxy) is 4. The average molecular weight is 495 g/mol. The van der Waals surface area contributed by atoms with Crippen LogP contribution in [-0.4, -0.2) is 32.2 Å². The zero-order chi connectivity index (χ0) is 25.9. The standard InChI is InChI=1S/C33H34O4/c1-31(2)36-29(32(34-3,25-17-9-5-10-18-25)26-19-11-6-12-20-26)30(37-31)33(35-4,27-21-13-7-14-22-27)28-23-15-8-16-24-28/h5-24,29-30H,1-4H3/t29-,30-/m0/s1. The Hall–Kier alpha value is -3.28.